The van der Waals surface area contributed by atoms with E-state index in [1.807, 2.05) is 0 Å². The fraction of sp³-hybridized carbons (Fsp3) is 0.533. The molecule has 1 saturated heterocycles. The SMILES string of the molecule is CC(C)(C)OC(=O)N1CCNC[C@@H]1c1ccc(F)c(F)c1. The molecule has 0 unspecified atom stereocenters. The molecule has 1 aromatic rings. The van der Waals surface area contributed by atoms with Gasteiger partial charge in [0.25, 0.3) is 0 Å². The molecule has 1 N–H and O–H groups in total. The van der Waals surface area contributed by atoms with Crippen molar-refractivity contribution in [2.45, 2.75) is 32.4 Å². The molecule has 2 rings (SSSR count). The second-order valence-electron chi connectivity index (χ2n) is 6.07. The lowest BCUT2D eigenvalue weighted by Gasteiger charge is -2.37. The van der Waals surface area contributed by atoms with Crippen molar-refractivity contribution in [3.05, 3.63) is 35.4 Å². The number of amides is 1. The van der Waals surface area contributed by atoms with Gasteiger partial charge in [0.1, 0.15) is 5.60 Å². The smallest absolute Gasteiger partial charge is 0.410 e. The summed E-state index contributed by atoms with van der Waals surface area (Å²) in [6.45, 7) is 6.95. The van der Waals surface area contributed by atoms with Crippen LogP contribution in [0.1, 0.15) is 32.4 Å². The van der Waals surface area contributed by atoms with Gasteiger partial charge in [0.15, 0.2) is 11.6 Å². The fourth-order valence-corrected chi connectivity index (χ4v) is 2.26. The minimum absolute atomic E-state index is 0.372. The molecule has 0 spiro atoms. The van der Waals surface area contributed by atoms with Crippen molar-refractivity contribution in [3.63, 3.8) is 0 Å². The molecule has 0 aromatic heterocycles. The highest BCUT2D eigenvalue weighted by atomic mass is 19.2. The molecule has 1 aliphatic heterocycles. The Morgan fingerprint density at radius 1 is 1.33 bits per heavy atom. The quantitative estimate of drug-likeness (QED) is 0.867. The second kappa shape index (κ2) is 5.97. The molecule has 21 heavy (non-hydrogen) atoms. The van der Waals surface area contributed by atoms with Crippen molar-refractivity contribution in [2.24, 2.45) is 0 Å². The molecule has 116 valence electrons. The lowest BCUT2D eigenvalue weighted by Crippen LogP contribution is -2.50. The van der Waals surface area contributed by atoms with Crippen LogP contribution in [0.2, 0.25) is 0 Å². The second-order valence-corrected chi connectivity index (χ2v) is 6.07. The molecule has 6 heteroatoms. The van der Waals surface area contributed by atoms with Crippen LogP contribution in [0.25, 0.3) is 0 Å². The van der Waals surface area contributed by atoms with E-state index in [1.165, 1.54) is 6.07 Å². The Balaban J connectivity index is 2.22. The van der Waals surface area contributed by atoms with Crippen molar-refractivity contribution in [1.82, 2.24) is 10.2 Å². The van der Waals surface area contributed by atoms with Gasteiger partial charge >= 0.3 is 6.09 Å². The van der Waals surface area contributed by atoms with E-state index in [0.29, 0.717) is 25.2 Å². The maximum Gasteiger partial charge on any atom is 0.410 e. The maximum atomic E-state index is 13.4. The van der Waals surface area contributed by atoms with Crippen LogP contribution in [0.5, 0.6) is 0 Å². The van der Waals surface area contributed by atoms with Crippen LogP contribution < -0.4 is 5.32 Å². The van der Waals surface area contributed by atoms with Gasteiger partial charge in [0, 0.05) is 19.6 Å². The number of benzene rings is 1. The Labute approximate surface area is 123 Å². The summed E-state index contributed by atoms with van der Waals surface area (Å²) in [4.78, 5) is 13.8. The van der Waals surface area contributed by atoms with E-state index in [4.69, 9.17) is 4.74 Å². The Morgan fingerprint density at radius 2 is 2.05 bits per heavy atom. The van der Waals surface area contributed by atoms with E-state index in [1.54, 1.807) is 25.7 Å². The van der Waals surface area contributed by atoms with Gasteiger partial charge in [-0.3, -0.25) is 4.90 Å². The first-order valence-electron chi connectivity index (χ1n) is 6.93. The number of ether oxygens (including phenoxy) is 1. The summed E-state index contributed by atoms with van der Waals surface area (Å²) in [5, 5.41) is 3.15. The van der Waals surface area contributed by atoms with Crippen LogP contribution in [-0.4, -0.2) is 36.2 Å². The Morgan fingerprint density at radius 3 is 2.67 bits per heavy atom. The first-order chi connectivity index (χ1) is 9.78. The third kappa shape index (κ3) is 3.91. The number of halogens is 2. The maximum absolute atomic E-state index is 13.4. The zero-order valence-corrected chi connectivity index (χ0v) is 12.5. The molecule has 0 bridgehead atoms. The number of piperazine rings is 1. The average Bonchev–Trinajstić information content (AvgIpc) is 2.40. The number of carbonyl (C=O) groups excluding carboxylic acids is 1. The van der Waals surface area contributed by atoms with Crippen LogP contribution in [-0.2, 0) is 4.74 Å². The van der Waals surface area contributed by atoms with E-state index in [9.17, 15) is 13.6 Å². The van der Waals surface area contributed by atoms with Crippen LogP contribution in [0.3, 0.4) is 0 Å². The highest BCUT2D eigenvalue weighted by Crippen LogP contribution is 2.25. The molecular formula is C15H20F2N2O2. The number of nitrogens with zero attached hydrogens (tertiary/aromatic N) is 1. The average molecular weight is 298 g/mol. The minimum atomic E-state index is -0.915. The van der Waals surface area contributed by atoms with Crippen molar-refractivity contribution < 1.29 is 18.3 Å². The number of hydrogen-bond donors (Lipinski definition) is 1. The Hall–Kier alpha value is -1.69. The molecule has 1 aromatic carbocycles. The van der Waals surface area contributed by atoms with E-state index in [-0.39, 0.29) is 6.04 Å². The van der Waals surface area contributed by atoms with Crippen molar-refractivity contribution >= 4 is 6.09 Å². The normalized spacial score (nSPS) is 19.5. The molecule has 1 heterocycles. The van der Waals surface area contributed by atoms with E-state index in [2.05, 4.69) is 5.32 Å². The summed E-state index contributed by atoms with van der Waals surface area (Å²) in [5.74, 6) is -1.81. The van der Waals surface area contributed by atoms with Crippen LogP contribution in [0.4, 0.5) is 13.6 Å². The largest absolute Gasteiger partial charge is 0.444 e. The molecule has 0 aliphatic carbocycles. The first kappa shape index (κ1) is 15.7. The summed E-state index contributed by atoms with van der Waals surface area (Å²) >= 11 is 0. The van der Waals surface area contributed by atoms with Crippen molar-refractivity contribution in [1.29, 1.82) is 0 Å². The van der Waals surface area contributed by atoms with Gasteiger partial charge in [-0.05, 0) is 38.5 Å². The van der Waals surface area contributed by atoms with E-state index >= 15 is 0 Å². The third-order valence-electron chi connectivity index (χ3n) is 3.20. The van der Waals surface area contributed by atoms with Crippen LogP contribution in [0, 0.1) is 11.6 Å². The molecule has 1 fully saturated rings. The zero-order valence-electron chi connectivity index (χ0n) is 12.5. The van der Waals surface area contributed by atoms with Gasteiger partial charge in [-0.15, -0.1) is 0 Å². The van der Waals surface area contributed by atoms with Gasteiger partial charge < -0.3 is 10.1 Å². The van der Waals surface area contributed by atoms with Gasteiger partial charge in [-0.2, -0.15) is 0 Å². The Kier molecular flexibility index (Phi) is 4.46. The third-order valence-corrected chi connectivity index (χ3v) is 3.20. The van der Waals surface area contributed by atoms with Crippen LogP contribution >= 0.6 is 0 Å². The standard InChI is InChI=1S/C15H20F2N2O2/c1-15(2,3)21-14(20)19-7-6-18-9-13(19)10-4-5-11(16)12(17)8-10/h4-5,8,13,18H,6-7,9H2,1-3H3/t13-/m1/s1. The molecule has 0 radical (unpaired) electrons. The predicted octanol–water partition coefficient (Wildman–Crippen LogP) is 2.85. The van der Waals surface area contributed by atoms with Crippen molar-refractivity contribution in [2.75, 3.05) is 19.6 Å². The van der Waals surface area contributed by atoms with Crippen molar-refractivity contribution in [3.8, 4) is 0 Å². The number of carbonyl (C=O) groups is 1. The van der Waals surface area contributed by atoms with Crippen LogP contribution in [0.15, 0.2) is 18.2 Å². The lowest BCUT2D eigenvalue weighted by molar-refractivity contribution is 0.0117. The molecule has 1 atom stereocenters. The monoisotopic (exact) mass is 298 g/mol. The predicted molar refractivity (Wildman–Crippen MR) is 74.9 cm³/mol. The van der Waals surface area contributed by atoms with Gasteiger partial charge in [0.2, 0.25) is 0 Å². The topological polar surface area (TPSA) is 41.6 Å². The molecule has 1 aliphatic rings. The molecular weight excluding hydrogens is 278 g/mol. The molecule has 0 saturated carbocycles. The van der Waals surface area contributed by atoms with E-state index < -0.39 is 23.3 Å². The first-order valence-corrected chi connectivity index (χ1v) is 6.93. The number of rotatable bonds is 1. The van der Waals surface area contributed by atoms with Gasteiger partial charge in [0.05, 0.1) is 6.04 Å². The van der Waals surface area contributed by atoms with Gasteiger partial charge in [-0.1, -0.05) is 6.07 Å². The number of hydrogen-bond acceptors (Lipinski definition) is 3. The van der Waals surface area contributed by atoms with E-state index in [0.717, 1.165) is 12.1 Å². The number of nitrogens with one attached hydrogen (secondary N) is 1. The fourth-order valence-electron chi connectivity index (χ4n) is 2.26. The summed E-state index contributed by atoms with van der Waals surface area (Å²) in [6, 6.07) is 3.33. The molecule has 1 amide bonds. The van der Waals surface area contributed by atoms with Gasteiger partial charge in [-0.25, -0.2) is 13.6 Å². The summed E-state index contributed by atoms with van der Waals surface area (Å²) in [6.07, 6.45) is -0.446. The Bertz CT molecular complexity index is 529. The highest BCUT2D eigenvalue weighted by molar-refractivity contribution is 5.69. The summed E-state index contributed by atoms with van der Waals surface area (Å²) in [5.41, 5.74) is -0.0486. The zero-order chi connectivity index (χ0) is 15.6. The molecule has 4 nitrogen and oxygen atoms in total. The summed E-state index contributed by atoms with van der Waals surface area (Å²) < 4.78 is 31.8. The highest BCUT2D eigenvalue weighted by Gasteiger charge is 2.31. The summed E-state index contributed by atoms with van der Waals surface area (Å²) in [7, 11) is 0. The lowest BCUT2D eigenvalue weighted by atomic mass is 10.0. The minimum Gasteiger partial charge on any atom is -0.444 e.